The fourth-order valence-electron chi connectivity index (χ4n) is 2.06. The lowest BCUT2D eigenvalue weighted by atomic mass is 9.83. The zero-order chi connectivity index (χ0) is 14.2. The van der Waals surface area contributed by atoms with Gasteiger partial charge in [0, 0.05) is 14.1 Å². The highest BCUT2D eigenvalue weighted by molar-refractivity contribution is 5.98. The summed E-state index contributed by atoms with van der Waals surface area (Å²) in [5.74, 6) is 0.745. The summed E-state index contributed by atoms with van der Waals surface area (Å²) in [4.78, 5) is 14.1. The van der Waals surface area contributed by atoms with E-state index < -0.39 is 0 Å². The van der Waals surface area contributed by atoms with Crippen molar-refractivity contribution in [3.05, 3.63) is 29.3 Å². The van der Waals surface area contributed by atoms with Gasteiger partial charge < -0.3 is 9.64 Å². The summed E-state index contributed by atoms with van der Waals surface area (Å²) in [6.07, 6.45) is 2.48. The molecule has 3 nitrogen and oxygen atoms in total. The molecule has 0 unspecified atom stereocenters. The summed E-state index contributed by atoms with van der Waals surface area (Å²) in [7, 11) is 3.56. The number of nitrogens with zero attached hydrogens (tertiary/aromatic N) is 1. The summed E-state index contributed by atoms with van der Waals surface area (Å²) in [6, 6.07) is 5.91. The molecule has 0 saturated heterocycles. The highest BCUT2D eigenvalue weighted by atomic mass is 16.5. The van der Waals surface area contributed by atoms with Crippen LogP contribution in [0.4, 0.5) is 0 Å². The van der Waals surface area contributed by atoms with Crippen LogP contribution in [0, 0.1) is 0 Å². The maximum absolute atomic E-state index is 12.5. The second-order valence-corrected chi connectivity index (χ2v) is 6.45. The molecule has 3 heteroatoms. The minimum Gasteiger partial charge on any atom is -0.490 e. The van der Waals surface area contributed by atoms with Crippen LogP contribution in [-0.4, -0.2) is 31.0 Å². The molecule has 0 atom stereocenters. The summed E-state index contributed by atoms with van der Waals surface area (Å²) in [5, 5.41) is 0. The fourth-order valence-corrected chi connectivity index (χ4v) is 2.06. The van der Waals surface area contributed by atoms with E-state index in [0.29, 0.717) is 11.7 Å². The Morgan fingerprint density at radius 2 is 1.89 bits per heavy atom. The number of hydrogen-bond acceptors (Lipinski definition) is 2. The minimum absolute atomic E-state index is 0.0150. The fraction of sp³-hybridized carbons (Fsp3) is 0.562. The van der Waals surface area contributed by atoms with Gasteiger partial charge in [0.25, 0.3) is 5.91 Å². The average Bonchev–Trinajstić information content (AvgIpc) is 3.10. The SMILES string of the molecule is CN(C)C(=O)c1c(OC2CC2)cccc1C(C)(C)C. The topological polar surface area (TPSA) is 29.5 Å². The van der Waals surface area contributed by atoms with Crippen LogP contribution in [-0.2, 0) is 5.41 Å². The summed E-state index contributed by atoms with van der Waals surface area (Å²) in [6.45, 7) is 6.36. The lowest BCUT2D eigenvalue weighted by molar-refractivity contribution is 0.0820. The van der Waals surface area contributed by atoms with Crippen LogP contribution in [0.5, 0.6) is 5.75 Å². The number of carbonyl (C=O) groups is 1. The summed E-state index contributed by atoms with van der Waals surface area (Å²) >= 11 is 0. The third kappa shape index (κ3) is 3.09. The lowest BCUT2D eigenvalue weighted by Crippen LogP contribution is -2.27. The van der Waals surface area contributed by atoms with Crippen molar-refractivity contribution >= 4 is 5.91 Å². The molecule has 0 radical (unpaired) electrons. The van der Waals surface area contributed by atoms with E-state index in [2.05, 4.69) is 20.8 Å². The number of carbonyl (C=O) groups excluding carboxylic acids is 1. The Bertz CT molecular complexity index is 482. The van der Waals surface area contributed by atoms with Gasteiger partial charge in [0.2, 0.25) is 0 Å². The van der Waals surface area contributed by atoms with E-state index in [1.807, 2.05) is 18.2 Å². The van der Waals surface area contributed by atoms with E-state index in [9.17, 15) is 4.79 Å². The molecule has 2 rings (SSSR count). The molecule has 1 aliphatic rings. The highest BCUT2D eigenvalue weighted by Gasteiger charge is 2.30. The number of benzene rings is 1. The second kappa shape index (κ2) is 4.87. The molecule has 0 aromatic heterocycles. The van der Waals surface area contributed by atoms with Crippen molar-refractivity contribution in [3.8, 4) is 5.75 Å². The predicted octanol–water partition coefficient (Wildman–Crippen LogP) is 3.23. The highest BCUT2D eigenvalue weighted by Crippen LogP contribution is 2.35. The number of ether oxygens (including phenoxy) is 1. The van der Waals surface area contributed by atoms with Crippen molar-refractivity contribution < 1.29 is 9.53 Å². The quantitative estimate of drug-likeness (QED) is 0.836. The van der Waals surface area contributed by atoms with E-state index in [1.165, 1.54) is 0 Å². The summed E-state index contributed by atoms with van der Waals surface area (Å²) in [5.41, 5.74) is 1.68. The van der Waals surface area contributed by atoms with Crippen molar-refractivity contribution in [2.75, 3.05) is 14.1 Å². The van der Waals surface area contributed by atoms with Crippen LogP contribution in [0.2, 0.25) is 0 Å². The Morgan fingerprint density at radius 3 is 2.37 bits per heavy atom. The maximum atomic E-state index is 12.5. The van der Waals surface area contributed by atoms with Crippen LogP contribution in [0.1, 0.15) is 49.5 Å². The van der Waals surface area contributed by atoms with E-state index >= 15 is 0 Å². The van der Waals surface area contributed by atoms with Crippen LogP contribution in [0.25, 0.3) is 0 Å². The molecule has 0 N–H and O–H groups in total. The molecule has 0 bridgehead atoms. The summed E-state index contributed by atoms with van der Waals surface area (Å²) < 4.78 is 5.92. The van der Waals surface area contributed by atoms with Crippen LogP contribution < -0.4 is 4.74 Å². The van der Waals surface area contributed by atoms with Gasteiger partial charge in [-0.1, -0.05) is 32.9 Å². The molecular weight excluding hydrogens is 238 g/mol. The average molecular weight is 261 g/mol. The van der Waals surface area contributed by atoms with Crippen LogP contribution in [0.15, 0.2) is 18.2 Å². The van der Waals surface area contributed by atoms with E-state index in [-0.39, 0.29) is 11.3 Å². The number of rotatable bonds is 3. The molecule has 0 spiro atoms. The molecule has 1 aliphatic carbocycles. The zero-order valence-electron chi connectivity index (χ0n) is 12.5. The van der Waals surface area contributed by atoms with E-state index in [4.69, 9.17) is 4.74 Å². The Morgan fingerprint density at radius 1 is 1.26 bits per heavy atom. The monoisotopic (exact) mass is 261 g/mol. The molecule has 104 valence electrons. The zero-order valence-corrected chi connectivity index (χ0v) is 12.5. The van der Waals surface area contributed by atoms with Crippen molar-refractivity contribution in [2.24, 2.45) is 0 Å². The van der Waals surface area contributed by atoms with Crippen molar-refractivity contribution in [1.29, 1.82) is 0 Å². The smallest absolute Gasteiger partial charge is 0.257 e. The Labute approximate surface area is 115 Å². The van der Waals surface area contributed by atoms with E-state index in [1.54, 1.807) is 19.0 Å². The van der Waals surface area contributed by atoms with Gasteiger partial charge in [-0.15, -0.1) is 0 Å². The first-order chi connectivity index (χ1) is 8.80. The number of hydrogen-bond donors (Lipinski definition) is 0. The third-order valence-corrected chi connectivity index (χ3v) is 3.27. The van der Waals surface area contributed by atoms with Crippen LogP contribution >= 0.6 is 0 Å². The molecule has 0 heterocycles. The van der Waals surface area contributed by atoms with Crippen molar-refractivity contribution in [1.82, 2.24) is 4.90 Å². The molecule has 1 saturated carbocycles. The molecule has 1 aromatic rings. The third-order valence-electron chi connectivity index (χ3n) is 3.27. The van der Waals surface area contributed by atoms with Gasteiger partial charge in [0.05, 0.1) is 11.7 Å². The van der Waals surface area contributed by atoms with Gasteiger partial charge >= 0.3 is 0 Å². The van der Waals surface area contributed by atoms with Crippen molar-refractivity contribution in [3.63, 3.8) is 0 Å². The largest absolute Gasteiger partial charge is 0.490 e. The predicted molar refractivity (Wildman–Crippen MR) is 76.8 cm³/mol. The Balaban J connectivity index is 2.50. The van der Waals surface area contributed by atoms with Crippen LogP contribution in [0.3, 0.4) is 0 Å². The number of amides is 1. The van der Waals surface area contributed by atoms with Gasteiger partial charge in [-0.3, -0.25) is 4.79 Å². The molecule has 1 aromatic carbocycles. The molecule has 1 fully saturated rings. The maximum Gasteiger partial charge on any atom is 0.257 e. The normalized spacial score (nSPS) is 15.2. The van der Waals surface area contributed by atoms with Gasteiger partial charge in [-0.25, -0.2) is 0 Å². The Kier molecular flexibility index (Phi) is 3.57. The molecule has 19 heavy (non-hydrogen) atoms. The first kappa shape index (κ1) is 13.9. The van der Waals surface area contributed by atoms with Gasteiger partial charge in [-0.05, 0) is 29.9 Å². The van der Waals surface area contributed by atoms with E-state index in [0.717, 1.165) is 24.2 Å². The molecular formula is C16H23NO2. The van der Waals surface area contributed by atoms with Gasteiger partial charge in [-0.2, -0.15) is 0 Å². The van der Waals surface area contributed by atoms with Gasteiger partial charge in [0.15, 0.2) is 0 Å². The first-order valence-corrected chi connectivity index (χ1v) is 6.82. The van der Waals surface area contributed by atoms with Gasteiger partial charge in [0.1, 0.15) is 5.75 Å². The Hall–Kier alpha value is -1.51. The second-order valence-electron chi connectivity index (χ2n) is 6.45. The molecule has 0 aliphatic heterocycles. The lowest BCUT2D eigenvalue weighted by Gasteiger charge is -2.25. The molecule has 1 amide bonds. The minimum atomic E-state index is -0.0794. The first-order valence-electron chi connectivity index (χ1n) is 6.82. The standard InChI is InChI=1S/C16H23NO2/c1-16(2,3)12-7-6-8-13(19-11-9-10-11)14(12)15(18)17(4)5/h6-8,11H,9-10H2,1-5H3. The van der Waals surface area contributed by atoms with Crippen molar-refractivity contribution in [2.45, 2.75) is 45.1 Å².